The Hall–Kier alpha value is -1.49. The van der Waals surface area contributed by atoms with Crippen LogP contribution in [0.25, 0.3) is 16.5 Å². The van der Waals surface area contributed by atoms with Crippen LogP contribution < -0.4 is 0 Å². The van der Waals surface area contributed by atoms with Gasteiger partial charge >= 0.3 is 0 Å². The highest BCUT2D eigenvalue weighted by atomic mass is 127. The van der Waals surface area contributed by atoms with Gasteiger partial charge in [-0.2, -0.15) is 0 Å². The van der Waals surface area contributed by atoms with Crippen molar-refractivity contribution in [3.8, 4) is 0 Å². The number of hydrogen-bond donors (Lipinski definition) is 0. The minimum absolute atomic E-state index is 0.605. The maximum atomic E-state index is 12.3. The highest BCUT2D eigenvalue weighted by Crippen LogP contribution is 2.46. The number of ether oxygens (including phenoxy) is 1. The Bertz CT molecular complexity index is 1330. The van der Waals surface area contributed by atoms with E-state index in [1.165, 1.54) is 19.3 Å². The molecule has 0 radical (unpaired) electrons. The number of likely N-dealkylation sites (tertiary alicyclic amines) is 1. The summed E-state index contributed by atoms with van der Waals surface area (Å²) in [7, 11) is 0. The number of rotatable bonds is 10. The molecule has 0 saturated carbocycles. The Morgan fingerprint density at radius 3 is 2.58 bits per heavy atom. The lowest BCUT2D eigenvalue weighted by atomic mass is 9.78. The molecular weight excluding hydrogens is 700 g/mol. The molecule has 38 heavy (non-hydrogen) atoms. The van der Waals surface area contributed by atoms with Gasteiger partial charge in [-0.1, -0.05) is 44.0 Å². The molecule has 1 fully saturated rings. The number of halogens is 2. The predicted octanol–water partition coefficient (Wildman–Crippen LogP) is 8.30. The number of fused-ring (bicyclic) bond motifs is 1. The molecule has 4 nitrogen and oxygen atoms in total. The molecule has 1 aliphatic carbocycles. The first-order valence-electron chi connectivity index (χ1n) is 13.7. The van der Waals surface area contributed by atoms with E-state index in [-0.39, 0.29) is 0 Å². The molecule has 1 aromatic heterocycles. The lowest BCUT2D eigenvalue weighted by Gasteiger charge is -2.36. The highest BCUT2D eigenvalue weighted by Gasteiger charge is 2.39. The summed E-state index contributed by atoms with van der Waals surface area (Å²) in [5, 5.41) is 1.10. The number of piperidine rings is 1. The van der Waals surface area contributed by atoms with Crippen molar-refractivity contribution in [2.75, 3.05) is 26.2 Å². The first-order chi connectivity index (χ1) is 18.5. The number of benzene rings is 2. The second-order valence-corrected chi connectivity index (χ2v) is 12.8. The second kappa shape index (κ2) is 12.8. The van der Waals surface area contributed by atoms with E-state index >= 15 is 0 Å². The molecule has 2 aliphatic rings. The molecule has 0 amide bonds. The fraction of sp³-hybridized carbons (Fsp3) is 0.406. The molecule has 1 aliphatic heterocycles. The molecule has 6 heteroatoms. The molecule has 0 bridgehead atoms. The summed E-state index contributed by atoms with van der Waals surface area (Å²) in [4.78, 5) is 14.8. The second-order valence-electron chi connectivity index (χ2n) is 10.3. The van der Waals surface area contributed by atoms with E-state index in [0.29, 0.717) is 13.0 Å². The number of carbonyl (C=O) groups excluding carboxylic acids is 1. The molecule has 1 atom stereocenters. The molecule has 5 rings (SSSR count). The van der Waals surface area contributed by atoms with E-state index in [4.69, 9.17) is 9.15 Å². The lowest BCUT2D eigenvalue weighted by molar-refractivity contribution is -0.104. The first-order valence-corrected chi connectivity index (χ1v) is 15.9. The third-order valence-electron chi connectivity index (χ3n) is 7.68. The topological polar surface area (TPSA) is 42.7 Å². The average Bonchev–Trinajstić information content (AvgIpc) is 3.31. The first kappa shape index (κ1) is 28.1. The minimum atomic E-state index is -0.708. The maximum absolute atomic E-state index is 12.3. The van der Waals surface area contributed by atoms with E-state index in [2.05, 4.69) is 106 Å². The zero-order chi connectivity index (χ0) is 26.5. The number of para-hydroxylation sites is 1. The van der Waals surface area contributed by atoms with E-state index in [9.17, 15) is 4.79 Å². The van der Waals surface area contributed by atoms with E-state index in [0.717, 1.165) is 91.3 Å². The van der Waals surface area contributed by atoms with E-state index in [1.807, 2.05) is 6.07 Å². The van der Waals surface area contributed by atoms with Gasteiger partial charge in [-0.15, -0.1) is 0 Å². The molecule has 1 saturated heterocycles. The van der Waals surface area contributed by atoms with Crippen molar-refractivity contribution in [2.45, 2.75) is 57.5 Å². The summed E-state index contributed by atoms with van der Waals surface area (Å²) in [6.45, 7) is 6.04. The molecule has 1 unspecified atom stereocenters. The molecule has 2 aromatic carbocycles. The van der Waals surface area contributed by atoms with Crippen molar-refractivity contribution in [1.29, 1.82) is 0 Å². The standard InChI is InChI=1S/C32H35I2NO3/c1-2-3-10-30-31(27-9-5-6-11-29(27)38-30)32(37-17-16-35-14-7-4-8-15-35)13-12-23(22-36)28(21-32)24-18-25(33)20-26(34)19-24/h5-6,9,11-12,18-22H,2-4,7-8,10,13-17H2,1H3. The van der Waals surface area contributed by atoms with Crippen LogP contribution >= 0.6 is 45.2 Å². The van der Waals surface area contributed by atoms with Crippen LogP contribution in [-0.2, 0) is 21.6 Å². The van der Waals surface area contributed by atoms with Gasteiger partial charge in [0.15, 0.2) is 0 Å². The van der Waals surface area contributed by atoms with Crippen LogP contribution in [0.15, 0.2) is 64.6 Å². The SMILES string of the molecule is CCCCc1oc2ccccc2c1C1(OCCN2CCCCC2)C=C(c2cc(I)cc(I)c2)C(C=O)=CC1. The van der Waals surface area contributed by atoms with Crippen molar-refractivity contribution in [3.05, 3.63) is 84.2 Å². The van der Waals surface area contributed by atoms with E-state index in [1.54, 1.807) is 0 Å². The van der Waals surface area contributed by atoms with Gasteiger partial charge in [-0.05, 0) is 119 Å². The molecule has 0 N–H and O–H groups in total. The zero-order valence-electron chi connectivity index (χ0n) is 22.0. The van der Waals surface area contributed by atoms with Gasteiger partial charge in [-0.3, -0.25) is 4.79 Å². The van der Waals surface area contributed by atoms with E-state index < -0.39 is 5.60 Å². The van der Waals surface area contributed by atoms with Gasteiger partial charge in [0.2, 0.25) is 0 Å². The number of hydrogen-bond acceptors (Lipinski definition) is 4. The van der Waals surface area contributed by atoms with Crippen LogP contribution in [0.4, 0.5) is 0 Å². The normalized spacial score (nSPS) is 20.4. The molecule has 3 aromatic rings. The largest absolute Gasteiger partial charge is 0.461 e. The van der Waals surface area contributed by atoms with Crippen molar-refractivity contribution in [2.24, 2.45) is 0 Å². The molecule has 200 valence electrons. The number of aryl methyl sites for hydroxylation is 1. The summed E-state index contributed by atoms with van der Waals surface area (Å²) in [5.74, 6) is 1.00. The van der Waals surface area contributed by atoms with Gasteiger partial charge in [0, 0.05) is 43.0 Å². The maximum Gasteiger partial charge on any atom is 0.150 e. The number of furan rings is 1. The fourth-order valence-electron chi connectivity index (χ4n) is 5.78. The number of carbonyl (C=O) groups is 1. The monoisotopic (exact) mass is 735 g/mol. The highest BCUT2D eigenvalue weighted by molar-refractivity contribution is 14.1. The quantitative estimate of drug-likeness (QED) is 0.155. The van der Waals surface area contributed by atoms with Gasteiger partial charge < -0.3 is 14.1 Å². The Balaban J connectivity index is 1.64. The van der Waals surface area contributed by atoms with Crippen LogP contribution in [0, 0.1) is 7.14 Å². The van der Waals surface area contributed by atoms with Gasteiger partial charge in [-0.25, -0.2) is 0 Å². The Kier molecular flexibility index (Phi) is 9.44. The van der Waals surface area contributed by atoms with Crippen LogP contribution in [0.5, 0.6) is 0 Å². The summed E-state index contributed by atoms with van der Waals surface area (Å²) in [6.07, 6.45) is 12.8. The minimum Gasteiger partial charge on any atom is -0.461 e. The molecule has 2 heterocycles. The lowest BCUT2D eigenvalue weighted by Crippen LogP contribution is -2.37. The van der Waals surface area contributed by atoms with Crippen LogP contribution in [0.3, 0.4) is 0 Å². The van der Waals surface area contributed by atoms with Crippen molar-refractivity contribution in [1.82, 2.24) is 4.90 Å². The Labute approximate surface area is 253 Å². The third-order valence-corrected chi connectivity index (χ3v) is 8.92. The van der Waals surface area contributed by atoms with Gasteiger partial charge in [0.05, 0.1) is 6.61 Å². The fourth-order valence-corrected chi connectivity index (χ4v) is 7.72. The third kappa shape index (κ3) is 6.13. The Morgan fingerprint density at radius 2 is 1.84 bits per heavy atom. The molecule has 0 spiro atoms. The van der Waals surface area contributed by atoms with Crippen LogP contribution in [0.1, 0.15) is 62.3 Å². The van der Waals surface area contributed by atoms with Gasteiger partial charge in [0.25, 0.3) is 0 Å². The van der Waals surface area contributed by atoms with Crippen LogP contribution in [0.2, 0.25) is 0 Å². The number of aldehydes is 1. The zero-order valence-corrected chi connectivity index (χ0v) is 26.3. The summed E-state index contributed by atoms with van der Waals surface area (Å²) in [5.41, 5.74) is 4.02. The summed E-state index contributed by atoms with van der Waals surface area (Å²) < 4.78 is 15.8. The predicted molar refractivity (Wildman–Crippen MR) is 171 cm³/mol. The summed E-state index contributed by atoms with van der Waals surface area (Å²) >= 11 is 4.71. The summed E-state index contributed by atoms with van der Waals surface area (Å²) in [6, 6.07) is 14.8. The number of allylic oxidation sites excluding steroid dienone is 2. The van der Waals surface area contributed by atoms with Crippen molar-refractivity contribution >= 4 is 68.0 Å². The number of nitrogens with zero attached hydrogens (tertiary/aromatic N) is 1. The Morgan fingerprint density at radius 1 is 1.08 bits per heavy atom. The molecular formula is C32H35I2NO3. The van der Waals surface area contributed by atoms with Crippen molar-refractivity contribution < 1.29 is 13.9 Å². The van der Waals surface area contributed by atoms with Gasteiger partial charge in [0.1, 0.15) is 23.2 Å². The smallest absolute Gasteiger partial charge is 0.150 e. The van der Waals surface area contributed by atoms with Crippen LogP contribution in [-0.4, -0.2) is 37.4 Å². The number of unbranched alkanes of at least 4 members (excludes halogenated alkanes) is 1. The van der Waals surface area contributed by atoms with Crippen molar-refractivity contribution in [3.63, 3.8) is 0 Å². The average molecular weight is 735 g/mol.